The van der Waals surface area contributed by atoms with Gasteiger partial charge < -0.3 is 9.47 Å². The van der Waals surface area contributed by atoms with Crippen molar-refractivity contribution in [3.63, 3.8) is 0 Å². The lowest BCUT2D eigenvalue weighted by Gasteiger charge is -2.23. The minimum Gasteiger partial charge on any atom is -0.343 e. The summed E-state index contributed by atoms with van der Waals surface area (Å²) in [5, 5.41) is 0. The van der Waals surface area contributed by atoms with Crippen molar-refractivity contribution in [2.24, 2.45) is 0 Å². The molecule has 1 fully saturated rings. The van der Waals surface area contributed by atoms with Crippen molar-refractivity contribution in [3.05, 3.63) is 41.5 Å². The van der Waals surface area contributed by atoms with E-state index >= 15 is 0 Å². The van der Waals surface area contributed by atoms with Gasteiger partial charge in [-0.3, -0.25) is 0 Å². The zero-order chi connectivity index (χ0) is 9.80. The first-order valence-electron chi connectivity index (χ1n) is 4.41. The van der Waals surface area contributed by atoms with Crippen molar-refractivity contribution in [2.75, 3.05) is 13.2 Å². The second-order valence-electron chi connectivity index (χ2n) is 3.07. The van der Waals surface area contributed by atoms with E-state index in [0.29, 0.717) is 18.8 Å². The van der Waals surface area contributed by atoms with Crippen LogP contribution in [0.4, 0.5) is 0 Å². The molecule has 0 spiro atoms. The molecule has 0 aromatic heterocycles. The van der Waals surface area contributed by atoms with E-state index in [4.69, 9.17) is 9.47 Å². The van der Waals surface area contributed by atoms with Crippen LogP contribution in [0.3, 0.4) is 0 Å². The van der Waals surface area contributed by atoms with E-state index < -0.39 is 0 Å². The third kappa shape index (κ3) is 1.91. The molecule has 1 aliphatic rings. The van der Waals surface area contributed by atoms with Crippen LogP contribution in [0.15, 0.2) is 35.9 Å². The fourth-order valence-corrected chi connectivity index (χ4v) is 1.30. The van der Waals surface area contributed by atoms with Gasteiger partial charge in [-0.1, -0.05) is 30.3 Å². The minimum atomic E-state index is -0.353. The molecule has 0 bridgehead atoms. The largest absolute Gasteiger partial charge is 0.343 e. The maximum absolute atomic E-state index is 10.3. The standard InChI is InChI=1S/C11H10O3/c12-6-9-7-13-11(14-8-9)10-4-2-1-3-5-10/h1-5,11H,7-8H2. The first-order chi connectivity index (χ1) is 6.90. The van der Waals surface area contributed by atoms with Gasteiger partial charge in [0.25, 0.3) is 0 Å². The molecule has 0 N–H and O–H groups in total. The SMILES string of the molecule is O=C=C1COC(c2ccccc2)OC1. The summed E-state index contributed by atoms with van der Waals surface area (Å²) >= 11 is 0. The van der Waals surface area contributed by atoms with Crippen molar-refractivity contribution in [3.8, 4) is 0 Å². The van der Waals surface area contributed by atoms with E-state index in [-0.39, 0.29) is 6.29 Å². The van der Waals surface area contributed by atoms with Gasteiger partial charge in [-0.2, -0.15) is 0 Å². The lowest BCUT2D eigenvalue weighted by atomic mass is 10.2. The minimum absolute atomic E-state index is 0.309. The molecule has 3 nitrogen and oxygen atoms in total. The highest BCUT2D eigenvalue weighted by Gasteiger charge is 2.19. The highest BCUT2D eigenvalue weighted by molar-refractivity contribution is 5.53. The Bertz CT molecular complexity index is 342. The summed E-state index contributed by atoms with van der Waals surface area (Å²) in [5.74, 6) is 1.79. The molecular weight excluding hydrogens is 180 g/mol. The predicted octanol–water partition coefficient (Wildman–Crippen LogP) is 1.49. The molecule has 1 saturated heterocycles. The molecule has 1 aromatic carbocycles. The van der Waals surface area contributed by atoms with Crippen molar-refractivity contribution in [1.82, 2.24) is 0 Å². The van der Waals surface area contributed by atoms with Crippen molar-refractivity contribution in [1.29, 1.82) is 0 Å². The van der Waals surface area contributed by atoms with Crippen LogP contribution in [0.2, 0.25) is 0 Å². The topological polar surface area (TPSA) is 35.5 Å². The Labute approximate surface area is 81.9 Å². The zero-order valence-corrected chi connectivity index (χ0v) is 7.60. The molecule has 2 rings (SSSR count). The summed E-state index contributed by atoms with van der Waals surface area (Å²) < 4.78 is 10.7. The normalized spacial score (nSPS) is 21.7. The van der Waals surface area contributed by atoms with Crippen LogP contribution in [0.1, 0.15) is 11.9 Å². The fraction of sp³-hybridized carbons (Fsp3) is 0.273. The highest BCUT2D eigenvalue weighted by Crippen LogP contribution is 2.23. The number of benzene rings is 1. The van der Waals surface area contributed by atoms with Crippen LogP contribution in [0.25, 0.3) is 0 Å². The van der Waals surface area contributed by atoms with Crippen molar-refractivity contribution < 1.29 is 14.3 Å². The lowest BCUT2D eigenvalue weighted by Crippen LogP contribution is -2.20. The Morgan fingerprint density at radius 3 is 2.36 bits per heavy atom. The Morgan fingerprint density at radius 2 is 1.79 bits per heavy atom. The number of carbonyl (C=O) groups excluding carboxylic acids is 1. The molecule has 0 amide bonds. The highest BCUT2D eigenvalue weighted by atomic mass is 16.7. The molecule has 14 heavy (non-hydrogen) atoms. The second-order valence-corrected chi connectivity index (χ2v) is 3.07. The van der Waals surface area contributed by atoms with Crippen LogP contribution in [-0.4, -0.2) is 19.2 Å². The summed E-state index contributed by atoms with van der Waals surface area (Å²) in [5.41, 5.74) is 1.50. The van der Waals surface area contributed by atoms with Crippen LogP contribution < -0.4 is 0 Å². The van der Waals surface area contributed by atoms with Gasteiger partial charge in [-0.25, -0.2) is 4.79 Å². The molecule has 72 valence electrons. The smallest absolute Gasteiger partial charge is 0.184 e. The van der Waals surface area contributed by atoms with Crippen molar-refractivity contribution >= 4 is 5.94 Å². The van der Waals surface area contributed by atoms with E-state index in [1.54, 1.807) is 5.94 Å². The number of ether oxygens (including phenoxy) is 2. The molecule has 1 aromatic rings. The van der Waals surface area contributed by atoms with E-state index in [9.17, 15) is 4.79 Å². The summed E-state index contributed by atoms with van der Waals surface area (Å²) in [6.07, 6.45) is -0.353. The van der Waals surface area contributed by atoms with Crippen LogP contribution in [0.5, 0.6) is 0 Å². The number of hydrogen-bond acceptors (Lipinski definition) is 3. The molecule has 0 atom stereocenters. The maximum atomic E-state index is 10.3. The molecule has 0 unspecified atom stereocenters. The first-order valence-corrected chi connectivity index (χ1v) is 4.41. The van der Waals surface area contributed by atoms with Gasteiger partial charge in [0.1, 0.15) is 5.94 Å². The fourth-order valence-electron chi connectivity index (χ4n) is 1.30. The Morgan fingerprint density at radius 1 is 1.14 bits per heavy atom. The maximum Gasteiger partial charge on any atom is 0.184 e. The average Bonchev–Trinajstić information content (AvgIpc) is 2.30. The molecule has 0 radical (unpaired) electrons. The van der Waals surface area contributed by atoms with Gasteiger partial charge in [0.2, 0.25) is 0 Å². The number of hydrogen-bond donors (Lipinski definition) is 0. The summed E-state index contributed by atoms with van der Waals surface area (Å²) in [6, 6.07) is 9.64. The molecule has 0 aliphatic carbocycles. The van der Waals surface area contributed by atoms with Gasteiger partial charge in [0, 0.05) is 5.56 Å². The van der Waals surface area contributed by atoms with E-state index in [1.165, 1.54) is 0 Å². The lowest BCUT2D eigenvalue weighted by molar-refractivity contribution is -0.160. The Hall–Kier alpha value is -1.41. The summed E-state index contributed by atoms with van der Waals surface area (Å²) in [6.45, 7) is 0.617. The zero-order valence-electron chi connectivity index (χ0n) is 7.60. The monoisotopic (exact) mass is 190 g/mol. The third-order valence-electron chi connectivity index (χ3n) is 2.03. The Balaban J connectivity index is 2.06. The van der Waals surface area contributed by atoms with E-state index in [1.807, 2.05) is 30.3 Å². The molecule has 1 heterocycles. The van der Waals surface area contributed by atoms with E-state index in [2.05, 4.69) is 0 Å². The quantitative estimate of drug-likeness (QED) is 0.629. The predicted molar refractivity (Wildman–Crippen MR) is 50.3 cm³/mol. The molecule has 0 saturated carbocycles. The van der Waals surface area contributed by atoms with Crippen LogP contribution in [-0.2, 0) is 14.3 Å². The van der Waals surface area contributed by atoms with Gasteiger partial charge in [-0.05, 0) is 0 Å². The van der Waals surface area contributed by atoms with Crippen LogP contribution >= 0.6 is 0 Å². The van der Waals surface area contributed by atoms with Crippen molar-refractivity contribution in [2.45, 2.75) is 6.29 Å². The molecular formula is C11H10O3. The summed E-state index contributed by atoms with van der Waals surface area (Å²) in [7, 11) is 0. The van der Waals surface area contributed by atoms with E-state index in [0.717, 1.165) is 5.56 Å². The third-order valence-corrected chi connectivity index (χ3v) is 2.03. The molecule has 3 heteroatoms. The van der Waals surface area contributed by atoms with Gasteiger partial charge in [0.15, 0.2) is 6.29 Å². The van der Waals surface area contributed by atoms with Crippen LogP contribution in [0, 0.1) is 0 Å². The molecule has 1 aliphatic heterocycles. The average molecular weight is 190 g/mol. The van der Waals surface area contributed by atoms with Gasteiger partial charge >= 0.3 is 0 Å². The second kappa shape index (κ2) is 4.20. The number of rotatable bonds is 1. The van der Waals surface area contributed by atoms with Gasteiger partial charge in [0.05, 0.1) is 18.8 Å². The summed E-state index contributed by atoms with van der Waals surface area (Å²) in [4.78, 5) is 10.3. The van der Waals surface area contributed by atoms with Gasteiger partial charge in [-0.15, -0.1) is 0 Å². The Kier molecular flexibility index (Phi) is 2.75. The first kappa shape index (κ1) is 9.16.